The van der Waals surface area contributed by atoms with Crippen molar-refractivity contribution in [1.29, 1.82) is 0 Å². The molecule has 0 aliphatic carbocycles. The number of hydrogen-bond acceptors (Lipinski definition) is 6. The molecule has 0 radical (unpaired) electrons. The number of benzene rings is 3. The van der Waals surface area contributed by atoms with Gasteiger partial charge in [-0.3, -0.25) is 13.9 Å². The second-order valence-corrected chi connectivity index (χ2v) is 12.0. The van der Waals surface area contributed by atoms with Crippen molar-refractivity contribution in [2.75, 3.05) is 31.6 Å². The van der Waals surface area contributed by atoms with E-state index in [1.165, 1.54) is 37.3 Å². The Morgan fingerprint density at radius 1 is 0.952 bits per heavy atom. The molecule has 226 valence electrons. The summed E-state index contributed by atoms with van der Waals surface area (Å²) in [5, 5.41) is 3.40. The first kappa shape index (κ1) is 32.8. The quantitative estimate of drug-likeness (QED) is 0.267. The molecule has 0 aliphatic rings. The van der Waals surface area contributed by atoms with Gasteiger partial charge in [0.2, 0.25) is 11.8 Å². The largest absolute Gasteiger partial charge is 0.497 e. The fraction of sp³-hybridized carbons (Fsp3) is 0.355. The maximum Gasteiger partial charge on any atom is 0.264 e. The van der Waals surface area contributed by atoms with E-state index < -0.39 is 28.5 Å². The highest BCUT2D eigenvalue weighted by Gasteiger charge is 2.35. The molecule has 0 saturated carbocycles. The predicted octanol–water partition coefficient (Wildman–Crippen LogP) is 5.19. The zero-order chi connectivity index (χ0) is 30.9. The van der Waals surface area contributed by atoms with Gasteiger partial charge in [-0.05, 0) is 61.7 Å². The molecular weight excluding hydrogens is 578 g/mol. The molecule has 1 unspecified atom stereocenters. The van der Waals surface area contributed by atoms with Crippen molar-refractivity contribution < 1.29 is 27.5 Å². The SMILES string of the molecule is CCCNC(=O)C(CC)N(Cc1ccc(Cl)cc1)C(=O)CN(c1cc(OC)ccc1OC)S(=O)(=O)c1ccc(C)cc1. The fourth-order valence-electron chi connectivity index (χ4n) is 4.41. The molecule has 0 aromatic heterocycles. The molecule has 1 atom stereocenters. The Balaban J connectivity index is 2.13. The molecule has 0 heterocycles. The summed E-state index contributed by atoms with van der Waals surface area (Å²) in [6, 6.07) is 17.2. The van der Waals surface area contributed by atoms with Crippen LogP contribution in [0.2, 0.25) is 5.02 Å². The van der Waals surface area contributed by atoms with Crippen LogP contribution in [0.3, 0.4) is 0 Å². The van der Waals surface area contributed by atoms with Crippen LogP contribution in [0.4, 0.5) is 5.69 Å². The Labute approximate surface area is 253 Å². The number of carbonyl (C=O) groups excluding carboxylic acids is 2. The number of amides is 2. The number of rotatable bonds is 14. The van der Waals surface area contributed by atoms with Crippen molar-refractivity contribution in [2.45, 2.75) is 51.1 Å². The first-order chi connectivity index (χ1) is 20.0. The molecule has 1 N–H and O–H groups in total. The maximum absolute atomic E-state index is 14.2. The molecule has 0 aliphatic heterocycles. The van der Waals surface area contributed by atoms with Crippen molar-refractivity contribution in [2.24, 2.45) is 0 Å². The lowest BCUT2D eigenvalue weighted by Crippen LogP contribution is -2.52. The predicted molar refractivity (Wildman–Crippen MR) is 165 cm³/mol. The fourth-order valence-corrected chi connectivity index (χ4v) is 5.96. The van der Waals surface area contributed by atoms with Crippen LogP contribution in [0.5, 0.6) is 11.5 Å². The Kier molecular flexibility index (Phi) is 11.6. The minimum atomic E-state index is -4.27. The van der Waals surface area contributed by atoms with Crippen LogP contribution >= 0.6 is 11.6 Å². The number of methoxy groups -OCH3 is 2. The van der Waals surface area contributed by atoms with Crippen LogP contribution < -0.4 is 19.1 Å². The first-order valence-electron chi connectivity index (χ1n) is 13.7. The van der Waals surface area contributed by atoms with Gasteiger partial charge in [0.15, 0.2) is 0 Å². The van der Waals surface area contributed by atoms with Gasteiger partial charge in [0.25, 0.3) is 10.0 Å². The van der Waals surface area contributed by atoms with E-state index in [0.29, 0.717) is 23.7 Å². The zero-order valence-corrected chi connectivity index (χ0v) is 26.2. The summed E-state index contributed by atoms with van der Waals surface area (Å²) in [6.07, 6.45) is 1.05. The van der Waals surface area contributed by atoms with Crippen molar-refractivity contribution >= 4 is 39.1 Å². The normalized spacial score (nSPS) is 11.9. The van der Waals surface area contributed by atoms with Gasteiger partial charge in [0.05, 0.1) is 24.8 Å². The Bertz CT molecular complexity index is 1460. The second kappa shape index (κ2) is 14.9. The molecule has 0 saturated heterocycles. The van der Waals surface area contributed by atoms with Crippen molar-refractivity contribution in [3.8, 4) is 11.5 Å². The molecule has 42 heavy (non-hydrogen) atoms. The molecule has 0 bridgehead atoms. The molecule has 11 heteroatoms. The number of anilines is 1. The average molecular weight is 616 g/mol. The third-order valence-corrected chi connectivity index (χ3v) is 8.77. The summed E-state index contributed by atoms with van der Waals surface area (Å²) < 4.78 is 40.2. The molecule has 3 rings (SSSR count). The van der Waals surface area contributed by atoms with Gasteiger partial charge in [-0.25, -0.2) is 8.42 Å². The van der Waals surface area contributed by atoms with E-state index in [4.69, 9.17) is 21.1 Å². The molecule has 9 nitrogen and oxygen atoms in total. The summed E-state index contributed by atoms with van der Waals surface area (Å²) in [7, 11) is -1.39. The summed E-state index contributed by atoms with van der Waals surface area (Å²) in [4.78, 5) is 28.8. The molecule has 2 amide bonds. The monoisotopic (exact) mass is 615 g/mol. The number of aryl methyl sites for hydroxylation is 1. The Morgan fingerprint density at radius 3 is 2.19 bits per heavy atom. The smallest absolute Gasteiger partial charge is 0.264 e. The third kappa shape index (κ3) is 7.95. The zero-order valence-electron chi connectivity index (χ0n) is 24.6. The van der Waals surface area contributed by atoms with E-state index in [-0.39, 0.29) is 28.8 Å². The van der Waals surface area contributed by atoms with Gasteiger partial charge < -0.3 is 19.7 Å². The minimum Gasteiger partial charge on any atom is -0.497 e. The van der Waals surface area contributed by atoms with Crippen molar-refractivity contribution in [3.05, 3.63) is 82.9 Å². The number of nitrogens with zero attached hydrogens (tertiary/aromatic N) is 2. The highest BCUT2D eigenvalue weighted by atomic mass is 35.5. The molecule has 3 aromatic rings. The number of ether oxygens (including phenoxy) is 2. The number of sulfonamides is 1. The minimum absolute atomic E-state index is 0.00255. The van der Waals surface area contributed by atoms with Crippen LogP contribution in [0.1, 0.15) is 37.8 Å². The Hall–Kier alpha value is -3.76. The van der Waals surface area contributed by atoms with Gasteiger partial charge >= 0.3 is 0 Å². The van der Waals surface area contributed by atoms with E-state index in [0.717, 1.165) is 21.9 Å². The highest BCUT2D eigenvalue weighted by molar-refractivity contribution is 7.92. The van der Waals surface area contributed by atoms with Crippen LogP contribution in [0.25, 0.3) is 0 Å². The van der Waals surface area contributed by atoms with Gasteiger partial charge in [0, 0.05) is 24.2 Å². The summed E-state index contributed by atoms with van der Waals surface area (Å²) in [6.45, 7) is 5.53. The topological polar surface area (TPSA) is 105 Å². The summed E-state index contributed by atoms with van der Waals surface area (Å²) in [5.41, 5.74) is 1.75. The van der Waals surface area contributed by atoms with E-state index in [1.807, 2.05) is 20.8 Å². The third-order valence-electron chi connectivity index (χ3n) is 6.74. The van der Waals surface area contributed by atoms with Crippen LogP contribution in [0, 0.1) is 6.92 Å². The Morgan fingerprint density at radius 2 is 1.62 bits per heavy atom. The van der Waals surface area contributed by atoms with Gasteiger partial charge in [0.1, 0.15) is 24.1 Å². The lowest BCUT2D eigenvalue weighted by molar-refractivity contribution is -0.140. The van der Waals surface area contributed by atoms with Crippen LogP contribution in [-0.4, -0.2) is 58.5 Å². The summed E-state index contributed by atoms with van der Waals surface area (Å²) >= 11 is 6.08. The van der Waals surface area contributed by atoms with Crippen LogP contribution in [0.15, 0.2) is 71.6 Å². The van der Waals surface area contributed by atoms with Gasteiger partial charge in [-0.2, -0.15) is 0 Å². The maximum atomic E-state index is 14.2. The van der Waals surface area contributed by atoms with E-state index in [2.05, 4.69) is 5.32 Å². The van der Waals surface area contributed by atoms with E-state index in [1.54, 1.807) is 48.5 Å². The van der Waals surface area contributed by atoms with Crippen molar-refractivity contribution in [1.82, 2.24) is 10.2 Å². The van der Waals surface area contributed by atoms with E-state index in [9.17, 15) is 18.0 Å². The number of carbonyl (C=O) groups is 2. The van der Waals surface area contributed by atoms with Gasteiger partial charge in [-0.1, -0.05) is 55.3 Å². The van der Waals surface area contributed by atoms with E-state index >= 15 is 0 Å². The summed E-state index contributed by atoms with van der Waals surface area (Å²) in [5.74, 6) is -0.264. The molecule has 3 aromatic carbocycles. The van der Waals surface area contributed by atoms with Crippen molar-refractivity contribution in [3.63, 3.8) is 0 Å². The molecule has 0 fully saturated rings. The number of halogens is 1. The van der Waals surface area contributed by atoms with Gasteiger partial charge in [-0.15, -0.1) is 0 Å². The standard InChI is InChI=1S/C31H38ClN3O6S/c1-6-18-33-31(37)27(7-2)34(20-23-10-12-24(32)13-11-23)30(36)21-35(28-19-25(40-4)14-17-29(28)41-5)42(38,39)26-15-8-22(3)9-16-26/h8-17,19,27H,6-7,18,20-21H2,1-5H3,(H,33,37). The van der Waals surface area contributed by atoms with Crippen LogP contribution in [-0.2, 0) is 26.2 Å². The average Bonchev–Trinajstić information content (AvgIpc) is 2.99. The lowest BCUT2D eigenvalue weighted by Gasteiger charge is -2.33. The molecule has 0 spiro atoms. The number of nitrogens with one attached hydrogen (secondary N) is 1. The molecular formula is C31H38ClN3O6S. The second-order valence-electron chi connectivity index (χ2n) is 9.73. The first-order valence-corrected chi connectivity index (χ1v) is 15.5. The number of hydrogen-bond donors (Lipinski definition) is 1. The lowest BCUT2D eigenvalue weighted by atomic mass is 10.1. The highest BCUT2D eigenvalue weighted by Crippen LogP contribution is 2.36.